The predicted molar refractivity (Wildman–Crippen MR) is 40.7 cm³/mol. The molecule has 0 saturated heterocycles. The average molecular weight is 173 g/mol. The van der Waals surface area contributed by atoms with Crippen molar-refractivity contribution in [2.24, 2.45) is 0 Å². The monoisotopic (exact) mass is 173 g/mol. The second-order valence-corrected chi connectivity index (χ2v) is 3.80. The van der Waals surface area contributed by atoms with Crippen molar-refractivity contribution in [3.63, 3.8) is 0 Å². The summed E-state index contributed by atoms with van der Waals surface area (Å²) in [4.78, 5) is 21.2. The molecule has 2 N–H and O–H groups in total. The molecular weight excluding hydrogens is 165 g/mol. The van der Waals surface area contributed by atoms with E-state index in [-0.39, 0.29) is 5.30 Å². The van der Waals surface area contributed by atoms with E-state index in [9.17, 15) is 4.57 Å². The molecule has 0 aliphatic rings. The maximum atomic E-state index is 10.7. The van der Waals surface area contributed by atoms with Crippen LogP contribution in [-0.4, -0.2) is 14.8 Å². The first-order valence-corrected chi connectivity index (χ1v) is 4.60. The maximum absolute atomic E-state index is 10.7. The van der Waals surface area contributed by atoms with E-state index in [2.05, 4.69) is 4.98 Å². The third-order valence-electron chi connectivity index (χ3n) is 1.22. The number of nitrogens with zero attached hydrogens (tertiary/aromatic N) is 1. The molecule has 1 heterocycles. The quantitative estimate of drug-likeness (QED) is 0.595. The van der Waals surface area contributed by atoms with Gasteiger partial charge in [-0.25, -0.2) is 0 Å². The summed E-state index contributed by atoms with van der Waals surface area (Å²) in [6.07, 6.45) is 1.38. The fourth-order valence-electron chi connectivity index (χ4n) is 0.712. The fourth-order valence-corrected chi connectivity index (χ4v) is 1.33. The van der Waals surface area contributed by atoms with Gasteiger partial charge in [0.1, 0.15) is 0 Å². The first-order valence-electron chi connectivity index (χ1n) is 2.99. The van der Waals surface area contributed by atoms with Crippen LogP contribution in [0.1, 0.15) is 5.69 Å². The third-order valence-corrected chi connectivity index (χ3v) is 2.17. The molecule has 1 rings (SSSR count). The van der Waals surface area contributed by atoms with Crippen LogP contribution in [0.2, 0.25) is 0 Å². The van der Waals surface area contributed by atoms with Crippen LogP contribution in [-0.2, 0) is 4.57 Å². The largest absolute Gasteiger partial charge is 0.356 e. The molecule has 0 amide bonds. The predicted octanol–water partition coefficient (Wildman–Crippen LogP) is 0.193. The van der Waals surface area contributed by atoms with Crippen LogP contribution in [0.25, 0.3) is 0 Å². The van der Waals surface area contributed by atoms with Gasteiger partial charge in [0.15, 0.2) is 0 Å². The van der Waals surface area contributed by atoms with Gasteiger partial charge < -0.3 is 9.79 Å². The maximum Gasteiger partial charge on any atom is 0.356 e. The highest BCUT2D eigenvalue weighted by Crippen LogP contribution is 2.32. The zero-order chi connectivity index (χ0) is 8.48. The van der Waals surface area contributed by atoms with E-state index >= 15 is 0 Å². The van der Waals surface area contributed by atoms with Gasteiger partial charge in [0.2, 0.25) is 0 Å². The molecule has 0 unspecified atom stereocenters. The molecular formula is C6H8NO3P. The summed E-state index contributed by atoms with van der Waals surface area (Å²) in [7, 11) is -4.09. The highest BCUT2D eigenvalue weighted by Gasteiger charge is 2.16. The minimum atomic E-state index is -4.09. The molecule has 0 aliphatic carbocycles. The lowest BCUT2D eigenvalue weighted by Crippen LogP contribution is -2.04. The Hall–Kier alpha value is -0.700. The molecule has 4 nitrogen and oxygen atoms in total. The van der Waals surface area contributed by atoms with Gasteiger partial charge in [0.25, 0.3) is 0 Å². The van der Waals surface area contributed by atoms with Crippen LogP contribution in [0, 0.1) is 6.92 Å². The van der Waals surface area contributed by atoms with Gasteiger partial charge in [0, 0.05) is 11.9 Å². The fraction of sp³-hybridized carbons (Fsp3) is 0.167. The summed E-state index contributed by atoms with van der Waals surface area (Å²) < 4.78 is 10.7. The normalized spacial score (nSPS) is 11.5. The molecule has 0 fully saturated rings. The van der Waals surface area contributed by atoms with Crippen LogP contribution in [0.3, 0.4) is 0 Å². The number of pyridine rings is 1. The van der Waals surface area contributed by atoms with Crippen LogP contribution in [0.5, 0.6) is 0 Å². The van der Waals surface area contributed by atoms with Crippen molar-refractivity contribution in [1.29, 1.82) is 0 Å². The number of rotatable bonds is 1. The van der Waals surface area contributed by atoms with E-state index < -0.39 is 7.60 Å². The van der Waals surface area contributed by atoms with E-state index in [4.69, 9.17) is 9.79 Å². The van der Waals surface area contributed by atoms with E-state index in [0.717, 1.165) is 0 Å². The summed E-state index contributed by atoms with van der Waals surface area (Å²) >= 11 is 0. The Morgan fingerprint density at radius 2 is 2.18 bits per heavy atom. The molecule has 0 saturated carbocycles. The Balaban J connectivity index is 3.17. The third kappa shape index (κ3) is 2.12. The second kappa shape index (κ2) is 2.74. The summed E-state index contributed by atoms with van der Waals surface area (Å²) in [5.74, 6) is 0. The van der Waals surface area contributed by atoms with Crippen LogP contribution in [0.15, 0.2) is 18.3 Å². The van der Waals surface area contributed by atoms with Crippen molar-refractivity contribution in [2.75, 3.05) is 0 Å². The van der Waals surface area contributed by atoms with Gasteiger partial charge in [0.05, 0.1) is 5.30 Å². The Morgan fingerprint density at radius 1 is 1.55 bits per heavy atom. The van der Waals surface area contributed by atoms with Crippen LogP contribution < -0.4 is 5.30 Å². The van der Waals surface area contributed by atoms with Gasteiger partial charge >= 0.3 is 7.60 Å². The smallest absolute Gasteiger partial charge is 0.321 e. The van der Waals surface area contributed by atoms with Gasteiger partial charge in [-0.05, 0) is 19.1 Å². The lowest BCUT2D eigenvalue weighted by Gasteiger charge is -2.02. The Labute approximate surface area is 64.1 Å². The molecule has 0 aromatic carbocycles. The Kier molecular flexibility index (Phi) is 2.09. The zero-order valence-electron chi connectivity index (χ0n) is 5.93. The molecule has 0 aliphatic heterocycles. The van der Waals surface area contributed by atoms with Crippen LogP contribution >= 0.6 is 7.60 Å². The van der Waals surface area contributed by atoms with Gasteiger partial charge in [-0.3, -0.25) is 9.55 Å². The molecule has 1 aromatic rings. The highest BCUT2D eigenvalue weighted by molar-refractivity contribution is 7.60. The lowest BCUT2D eigenvalue weighted by molar-refractivity contribution is 0.387. The highest BCUT2D eigenvalue weighted by atomic mass is 31.2. The van der Waals surface area contributed by atoms with Crippen molar-refractivity contribution in [3.05, 3.63) is 24.0 Å². The Bertz CT molecular complexity index is 306. The lowest BCUT2D eigenvalue weighted by atomic mass is 10.4. The summed E-state index contributed by atoms with van der Waals surface area (Å²) in [5.41, 5.74) is 0.603. The topological polar surface area (TPSA) is 70.4 Å². The molecule has 60 valence electrons. The standard InChI is InChI=1S/C6H8NO3P/c1-5-4-6(2-3-7-5)11(8,9)10/h2-4H,1H3,(H2,8,9,10). The number of hydrogen-bond donors (Lipinski definition) is 2. The number of aryl methyl sites for hydroxylation is 1. The first-order chi connectivity index (χ1) is 5.00. The first kappa shape index (κ1) is 8.40. The average Bonchev–Trinajstić information content (AvgIpc) is 1.86. The van der Waals surface area contributed by atoms with E-state index in [1.807, 2.05) is 0 Å². The Morgan fingerprint density at radius 3 is 2.55 bits per heavy atom. The minimum absolute atomic E-state index is 0.0185. The second-order valence-electron chi connectivity index (χ2n) is 2.20. The van der Waals surface area contributed by atoms with Gasteiger partial charge in [-0.2, -0.15) is 0 Å². The van der Waals surface area contributed by atoms with Crippen LogP contribution in [0.4, 0.5) is 0 Å². The zero-order valence-corrected chi connectivity index (χ0v) is 6.82. The van der Waals surface area contributed by atoms with Gasteiger partial charge in [-0.1, -0.05) is 0 Å². The molecule has 0 radical (unpaired) electrons. The van der Waals surface area contributed by atoms with E-state index in [0.29, 0.717) is 5.69 Å². The van der Waals surface area contributed by atoms with Gasteiger partial charge in [-0.15, -0.1) is 0 Å². The molecule has 0 atom stereocenters. The molecule has 0 bridgehead atoms. The number of hydrogen-bond acceptors (Lipinski definition) is 2. The molecule has 5 heteroatoms. The summed E-state index contributed by atoms with van der Waals surface area (Å²) in [6, 6.07) is 2.69. The van der Waals surface area contributed by atoms with Crippen molar-refractivity contribution in [1.82, 2.24) is 4.98 Å². The molecule has 11 heavy (non-hydrogen) atoms. The van der Waals surface area contributed by atoms with Crippen molar-refractivity contribution in [2.45, 2.75) is 6.92 Å². The number of aromatic nitrogens is 1. The summed E-state index contributed by atoms with van der Waals surface area (Å²) in [5, 5.41) is 0.0185. The van der Waals surface area contributed by atoms with E-state index in [1.54, 1.807) is 6.92 Å². The van der Waals surface area contributed by atoms with Crippen molar-refractivity contribution < 1.29 is 14.4 Å². The SMILES string of the molecule is Cc1cc(P(=O)(O)O)ccn1. The molecule has 0 spiro atoms. The van der Waals surface area contributed by atoms with Crippen molar-refractivity contribution >= 4 is 12.9 Å². The molecule has 1 aromatic heterocycles. The minimum Gasteiger partial charge on any atom is -0.321 e. The van der Waals surface area contributed by atoms with Crippen molar-refractivity contribution in [3.8, 4) is 0 Å². The summed E-state index contributed by atoms with van der Waals surface area (Å²) in [6.45, 7) is 1.68. The van der Waals surface area contributed by atoms with E-state index in [1.165, 1.54) is 18.3 Å².